The van der Waals surface area contributed by atoms with Crippen molar-refractivity contribution in [2.24, 2.45) is 0 Å². The van der Waals surface area contributed by atoms with Crippen LogP contribution in [0.25, 0.3) is 11.1 Å². The molecule has 0 saturated carbocycles. The fraction of sp³-hybridized carbons (Fsp3) is 0.269. The Morgan fingerprint density at radius 3 is 2.17 bits per heavy atom. The van der Waals surface area contributed by atoms with Crippen LogP contribution in [-0.4, -0.2) is 35.8 Å². The highest BCUT2D eigenvalue weighted by Gasteiger charge is 2.30. The van der Waals surface area contributed by atoms with E-state index in [-0.39, 0.29) is 12.0 Å². The molecular weight excluding hydrogens is 374 g/mol. The highest BCUT2D eigenvalue weighted by atomic mass is 16.6. The zero-order chi connectivity index (χ0) is 20.5. The first-order chi connectivity index (χ1) is 14.7. The molecule has 1 aliphatic heterocycles. The number of aromatic hydroxyl groups is 1. The monoisotopic (exact) mass is 399 g/mol. The maximum atomic E-state index is 12.7. The van der Waals surface area contributed by atoms with E-state index in [4.69, 9.17) is 4.74 Å². The molecule has 0 unspecified atom stereocenters. The van der Waals surface area contributed by atoms with E-state index in [0.29, 0.717) is 31.4 Å². The Morgan fingerprint density at radius 1 is 0.900 bits per heavy atom. The molecule has 152 valence electrons. The van der Waals surface area contributed by atoms with E-state index in [1.54, 1.807) is 6.07 Å². The van der Waals surface area contributed by atoms with Crippen molar-refractivity contribution in [1.29, 1.82) is 0 Å². The lowest BCUT2D eigenvalue weighted by Gasteiger charge is -2.32. The number of likely N-dealkylation sites (tertiary alicyclic amines) is 1. The Balaban J connectivity index is 1.22. The summed E-state index contributed by atoms with van der Waals surface area (Å²) in [5, 5.41) is 9.71. The summed E-state index contributed by atoms with van der Waals surface area (Å²) < 4.78 is 5.79. The first-order valence-corrected chi connectivity index (χ1v) is 10.6. The van der Waals surface area contributed by atoms with Crippen molar-refractivity contribution in [2.75, 3.05) is 19.7 Å². The molecule has 1 saturated heterocycles. The summed E-state index contributed by atoms with van der Waals surface area (Å²) in [7, 11) is 0. The first-order valence-electron chi connectivity index (χ1n) is 10.6. The van der Waals surface area contributed by atoms with Gasteiger partial charge in [0.05, 0.1) is 0 Å². The fourth-order valence-corrected chi connectivity index (χ4v) is 4.86. The Bertz CT molecular complexity index is 1020. The number of rotatable bonds is 3. The van der Waals surface area contributed by atoms with Crippen molar-refractivity contribution in [3.8, 4) is 16.9 Å². The van der Waals surface area contributed by atoms with Crippen molar-refractivity contribution < 1.29 is 14.6 Å². The molecule has 30 heavy (non-hydrogen) atoms. The molecule has 0 radical (unpaired) electrons. The summed E-state index contributed by atoms with van der Waals surface area (Å²) in [6.45, 7) is 1.72. The molecular formula is C26H25NO3. The zero-order valence-corrected chi connectivity index (χ0v) is 16.8. The minimum Gasteiger partial charge on any atom is -0.508 e. The molecule has 0 atom stereocenters. The number of phenolic OH excluding ortho intramolecular Hbond substituents is 1. The van der Waals surface area contributed by atoms with Crippen molar-refractivity contribution in [3.63, 3.8) is 0 Å². The largest absolute Gasteiger partial charge is 0.508 e. The zero-order valence-electron chi connectivity index (χ0n) is 16.8. The van der Waals surface area contributed by atoms with E-state index in [0.717, 1.165) is 18.4 Å². The highest BCUT2D eigenvalue weighted by molar-refractivity contribution is 5.79. The maximum Gasteiger partial charge on any atom is 0.409 e. The van der Waals surface area contributed by atoms with E-state index in [2.05, 4.69) is 36.4 Å². The Hall–Kier alpha value is -3.27. The minimum atomic E-state index is -0.230. The number of phenols is 1. The van der Waals surface area contributed by atoms with E-state index < -0.39 is 0 Å². The lowest BCUT2D eigenvalue weighted by atomic mass is 9.89. The van der Waals surface area contributed by atoms with Crippen molar-refractivity contribution >= 4 is 6.09 Å². The number of benzene rings is 3. The molecule has 5 rings (SSSR count). The normalized spacial score (nSPS) is 16.2. The van der Waals surface area contributed by atoms with Crippen LogP contribution in [0.1, 0.15) is 41.4 Å². The Labute approximate surface area is 176 Å². The molecule has 0 aromatic heterocycles. The predicted molar refractivity (Wildman–Crippen MR) is 117 cm³/mol. The average Bonchev–Trinajstić information content (AvgIpc) is 3.11. The highest BCUT2D eigenvalue weighted by Crippen LogP contribution is 2.44. The molecule has 3 aromatic rings. The number of piperidine rings is 1. The number of ether oxygens (including phenoxy) is 1. The Kier molecular flexibility index (Phi) is 4.91. The van der Waals surface area contributed by atoms with Crippen LogP contribution in [0.15, 0.2) is 72.8 Å². The van der Waals surface area contributed by atoms with E-state index in [9.17, 15) is 9.90 Å². The molecule has 4 heteroatoms. The molecule has 0 bridgehead atoms. The van der Waals surface area contributed by atoms with Crippen molar-refractivity contribution in [3.05, 3.63) is 89.5 Å². The smallest absolute Gasteiger partial charge is 0.409 e. The first kappa shape index (κ1) is 18.7. The van der Waals surface area contributed by atoms with Crippen LogP contribution in [0, 0.1) is 0 Å². The molecule has 2 aliphatic rings. The van der Waals surface area contributed by atoms with Gasteiger partial charge in [0.2, 0.25) is 0 Å². The molecule has 1 heterocycles. The second-order valence-corrected chi connectivity index (χ2v) is 8.16. The van der Waals surface area contributed by atoms with Crippen LogP contribution >= 0.6 is 0 Å². The fourth-order valence-electron chi connectivity index (χ4n) is 4.86. The number of carbonyl (C=O) groups excluding carboxylic acids is 1. The van der Waals surface area contributed by atoms with Gasteiger partial charge in [-0.3, -0.25) is 0 Å². The SMILES string of the molecule is O=C(OCC1c2ccccc2-c2ccccc21)N1CCC(c2cccc(O)c2)CC1. The summed E-state index contributed by atoms with van der Waals surface area (Å²) in [5.41, 5.74) is 6.08. The topological polar surface area (TPSA) is 49.8 Å². The summed E-state index contributed by atoms with van der Waals surface area (Å²) >= 11 is 0. The predicted octanol–water partition coefficient (Wildman–Crippen LogP) is 5.52. The van der Waals surface area contributed by atoms with Crippen molar-refractivity contribution in [1.82, 2.24) is 4.90 Å². The number of carbonyl (C=O) groups is 1. The number of hydrogen-bond acceptors (Lipinski definition) is 3. The molecule has 3 aromatic carbocycles. The second-order valence-electron chi connectivity index (χ2n) is 8.16. The second kappa shape index (κ2) is 7.86. The van der Waals surface area contributed by atoms with Gasteiger partial charge in [-0.1, -0.05) is 60.7 Å². The molecule has 1 N–H and O–H groups in total. The molecule has 1 fully saturated rings. The van der Waals surface area contributed by atoms with Gasteiger partial charge in [-0.05, 0) is 58.7 Å². The third kappa shape index (κ3) is 3.43. The van der Waals surface area contributed by atoms with Crippen LogP contribution in [0.4, 0.5) is 4.79 Å². The van der Waals surface area contributed by atoms with Gasteiger partial charge in [-0.15, -0.1) is 0 Å². The number of fused-ring (bicyclic) bond motifs is 3. The van der Waals surface area contributed by atoms with Crippen LogP contribution in [-0.2, 0) is 4.74 Å². The van der Waals surface area contributed by atoms with E-state index >= 15 is 0 Å². The van der Waals surface area contributed by atoms with Gasteiger partial charge in [0.1, 0.15) is 12.4 Å². The third-order valence-electron chi connectivity index (χ3n) is 6.43. The number of nitrogens with zero attached hydrogens (tertiary/aromatic N) is 1. The number of amides is 1. The van der Waals surface area contributed by atoms with Crippen LogP contribution in [0.3, 0.4) is 0 Å². The van der Waals surface area contributed by atoms with Crippen molar-refractivity contribution in [2.45, 2.75) is 24.7 Å². The lowest BCUT2D eigenvalue weighted by molar-refractivity contribution is 0.0904. The maximum absolute atomic E-state index is 12.7. The van der Waals surface area contributed by atoms with Gasteiger partial charge in [0, 0.05) is 19.0 Å². The van der Waals surface area contributed by atoms with Crippen LogP contribution in [0.2, 0.25) is 0 Å². The van der Waals surface area contributed by atoms with E-state index in [1.165, 1.54) is 22.3 Å². The van der Waals surface area contributed by atoms with Gasteiger partial charge in [-0.25, -0.2) is 4.79 Å². The third-order valence-corrected chi connectivity index (χ3v) is 6.43. The number of hydrogen-bond donors (Lipinski definition) is 1. The van der Waals surface area contributed by atoms with E-state index in [1.807, 2.05) is 35.2 Å². The summed E-state index contributed by atoms with van der Waals surface area (Å²) in [6, 6.07) is 24.2. The van der Waals surface area contributed by atoms with Gasteiger partial charge in [0.25, 0.3) is 0 Å². The molecule has 4 nitrogen and oxygen atoms in total. The Morgan fingerprint density at radius 2 is 1.53 bits per heavy atom. The standard InChI is InChI=1S/C26H25NO3/c28-20-7-5-6-19(16-20)18-12-14-27(15-13-18)26(29)30-17-25-23-10-3-1-8-21(23)22-9-2-4-11-24(22)25/h1-11,16,18,25,28H,12-15,17H2. The van der Waals surface area contributed by atoms with Gasteiger partial charge in [0.15, 0.2) is 0 Å². The van der Waals surface area contributed by atoms with Gasteiger partial charge in [-0.2, -0.15) is 0 Å². The summed E-state index contributed by atoms with van der Waals surface area (Å²) in [4.78, 5) is 14.6. The van der Waals surface area contributed by atoms with Gasteiger partial charge < -0.3 is 14.7 Å². The molecule has 1 amide bonds. The van der Waals surface area contributed by atoms with Crippen LogP contribution < -0.4 is 0 Å². The van der Waals surface area contributed by atoms with Gasteiger partial charge >= 0.3 is 6.09 Å². The lowest BCUT2D eigenvalue weighted by Crippen LogP contribution is -2.38. The average molecular weight is 399 g/mol. The summed E-state index contributed by atoms with van der Waals surface area (Å²) in [5.74, 6) is 0.757. The quantitative estimate of drug-likeness (QED) is 0.631. The minimum absolute atomic E-state index is 0.0891. The summed E-state index contributed by atoms with van der Waals surface area (Å²) in [6.07, 6.45) is 1.53. The molecule has 0 spiro atoms. The molecule has 1 aliphatic carbocycles. The van der Waals surface area contributed by atoms with Crippen LogP contribution in [0.5, 0.6) is 5.75 Å².